The predicted octanol–water partition coefficient (Wildman–Crippen LogP) is 3.00. The van der Waals surface area contributed by atoms with Crippen molar-refractivity contribution in [1.82, 2.24) is 29.4 Å². The highest BCUT2D eigenvalue weighted by atomic mass is 16.5. The first-order valence-electron chi connectivity index (χ1n) is 9.45. The van der Waals surface area contributed by atoms with E-state index in [9.17, 15) is 0 Å². The van der Waals surface area contributed by atoms with E-state index in [1.54, 1.807) is 11.6 Å². The zero-order valence-corrected chi connectivity index (χ0v) is 16.4. The monoisotopic (exact) mass is 387 g/mol. The average molecular weight is 387 g/mol. The predicted molar refractivity (Wildman–Crippen MR) is 107 cm³/mol. The summed E-state index contributed by atoms with van der Waals surface area (Å²) < 4.78 is 9.00. The lowest BCUT2D eigenvalue weighted by atomic mass is 10.2. The van der Waals surface area contributed by atoms with E-state index in [2.05, 4.69) is 21.3 Å². The van der Waals surface area contributed by atoms with Crippen molar-refractivity contribution in [3.63, 3.8) is 0 Å². The molecule has 4 aromatic rings. The van der Waals surface area contributed by atoms with Gasteiger partial charge in [0, 0.05) is 24.1 Å². The van der Waals surface area contributed by atoms with Crippen LogP contribution in [-0.4, -0.2) is 36.5 Å². The van der Waals surface area contributed by atoms with Crippen LogP contribution in [0.4, 0.5) is 0 Å². The number of nitriles is 1. The molecule has 29 heavy (non-hydrogen) atoms. The van der Waals surface area contributed by atoms with Crippen molar-refractivity contribution in [3.05, 3.63) is 59.8 Å². The zero-order chi connectivity index (χ0) is 20.2. The fraction of sp³-hybridized carbons (Fsp3) is 0.286. The second-order valence-corrected chi connectivity index (χ2v) is 6.66. The third kappa shape index (κ3) is 3.80. The number of rotatable bonds is 7. The van der Waals surface area contributed by atoms with Crippen LogP contribution in [0, 0.1) is 18.3 Å². The number of pyridine rings is 1. The largest absolute Gasteiger partial charge is 0.493 e. The van der Waals surface area contributed by atoms with Gasteiger partial charge in [0.25, 0.3) is 0 Å². The number of aryl methyl sites for hydroxylation is 4. The number of fused-ring (bicyclic) bond motifs is 1. The third-order valence-corrected chi connectivity index (χ3v) is 4.69. The molecule has 0 bridgehead atoms. The molecule has 0 amide bonds. The molecule has 3 aromatic heterocycles. The quantitative estimate of drug-likeness (QED) is 0.484. The van der Waals surface area contributed by atoms with Crippen LogP contribution in [0.3, 0.4) is 0 Å². The van der Waals surface area contributed by atoms with Gasteiger partial charge in [-0.1, -0.05) is 30.3 Å². The summed E-state index contributed by atoms with van der Waals surface area (Å²) in [4.78, 5) is 9.34. The van der Waals surface area contributed by atoms with Crippen LogP contribution in [0.2, 0.25) is 0 Å². The van der Waals surface area contributed by atoms with Gasteiger partial charge < -0.3 is 4.74 Å². The van der Waals surface area contributed by atoms with Crippen molar-refractivity contribution in [2.45, 2.75) is 32.7 Å². The van der Waals surface area contributed by atoms with Gasteiger partial charge in [0.15, 0.2) is 23.0 Å². The molecule has 0 aliphatic heterocycles. The minimum Gasteiger partial charge on any atom is -0.493 e. The first-order chi connectivity index (χ1) is 14.2. The van der Waals surface area contributed by atoms with Crippen LogP contribution in [0.5, 0.6) is 5.75 Å². The standard InChI is InChI=1S/C21H21N7O/c1-15-9-10-17(29-2)21-23-18(25-28(15)21)11-12-19-24-20(16-7-4-3-5-8-16)26-27(19)14-6-13-22/h3-5,7-10H,6,11-12,14H2,1-2H3. The van der Waals surface area contributed by atoms with E-state index in [0.29, 0.717) is 48.9 Å². The smallest absolute Gasteiger partial charge is 0.198 e. The topological polar surface area (TPSA) is 93.9 Å². The Bertz CT molecular complexity index is 1170. The lowest BCUT2D eigenvalue weighted by molar-refractivity contribution is 0.416. The van der Waals surface area contributed by atoms with E-state index in [0.717, 1.165) is 17.1 Å². The number of methoxy groups -OCH3 is 1. The molecule has 4 rings (SSSR count). The molecule has 0 unspecified atom stereocenters. The fourth-order valence-electron chi connectivity index (χ4n) is 3.19. The van der Waals surface area contributed by atoms with Gasteiger partial charge in [0.05, 0.1) is 26.1 Å². The Morgan fingerprint density at radius 3 is 2.62 bits per heavy atom. The van der Waals surface area contributed by atoms with Crippen molar-refractivity contribution >= 4 is 5.65 Å². The summed E-state index contributed by atoms with van der Waals surface area (Å²) in [7, 11) is 1.63. The van der Waals surface area contributed by atoms with Crippen LogP contribution >= 0.6 is 0 Å². The number of hydrogen-bond donors (Lipinski definition) is 0. The maximum Gasteiger partial charge on any atom is 0.198 e. The van der Waals surface area contributed by atoms with E-state index in [1.807, 2.05) is 54.1 Å². The summed E-state index contributed by atoms with van der Waals surface area (Å²) in [5.74, 6) is 2.90. The lowest BCUT2D eigenvalue weighted by Gasteiger charge is -2.02. The summed E-state index contributed by atoms with van der Waals surface area (Å²) in [5.41, 5.74) is 2.65. The molecular formula is C21H21N7O. The van der Waals surface area contributed by atoms with E-state index in [1.165, 1.54) is 0 Å². The summed E-state index contributed by atoms with van der Waals surface area (Å²) in [6.07, 6.45) is 1.63. The summed E-state index contributed by atoms with van der Waals surface area (Å²) >= 11 is 0. The molecule has 0 saturated heterocycles. The first kappa shape index (κ1) is 18.6. The summed E-state index contributed by atoms with van der Waals surface area (Å²) in [6, 6.07) is 15.9. The van der Waals surface area contributed by atoms with Crippen LogP contribution in [0.25, 0.3) is 17.0 Å². The molecule has 3 heterocycles. The molecule has 0 aliphatic carbocycles. The molecule has 8 heteroatoms. The molecule has 0 N–H and O–H groups in total. The Labute approximate surface area is 168 Å². The highest BCUT2D eigenvalue weighted by molar-refractivity contribution is 5.54. The van der Waals surface area contributed by atoms with Gasteiger partial charge in [0.2, 0.25) is 0 Å². The summed E-state index contributed by atoms with van der Waals surface area (Å²) in [5, 5.41) is 18.2. The molecule has 0 saturated carbocycles. The molecule has 0 atom stereocenters. The Kier molecular flexibility index (Phi) is 5.20. The van der Waals surface area contributed by atoms with Crippen molar-refractivity contribution in [3.8, 4) is 23.2 Å². The average Bonchev–Trinajstić information content (AvgIpc) is 3.36. The summed E-state index contributed by atoms with van der Waals surface area (Å²) in [6.45, 7) is 2.49. The normalized spacial score (nSPS) is 10.9. The highest BCUT2D eigenvalue weighted by Gasteiger charge is 2.15. The minimum absolute atomic E-state index is 0.383. The zero-order valence-electron chi connectivity index (χ0n) is 16.4. The van der Waals surface area contributed by atoms with E-state index >= 15 is 0 Å². The fourth-order valence-corrected chi connectivity index (χ4v) is 3.19. The number of hydrogen-bond acceptors (Lipinski definition) is 6. The molecule has 146 valence electrons. The van der Waals surface area contributed by atoms with Gasteiger partial charge >= 0.3 is 0 Å². The van der Waals surface area contributed by atoms with Gasteiger partial charge in [-0.15, -0.1) is 0 Å². The van der Waals surface area contributed by atoms with E-state index in [4.69, 9.17) is 15.0 Å². The van der Waals surface area contributed by atoms with Crippen LogP contribution in [0.1, 0.15) is 23.8 Å². The van der Waals surface area contributed by atoms with Crippen molar-refractivity contribution in [2.24, 2.45) is 0 Å². The Balaban J connectivity index is 1.60. The Morgan fingerprint density at radius 1 is 1.03 bits per heavy atom. The van der Waals surface area contributed by atoms with Crippen LogP contribution in [-0.2, 0) is 19.4 Å². The number of aromatic nitrogens is 6. The maximum atomic E-state index is 8.96. The Hall–Kier alpha value is -3.73. The van der Waals surface area contributed by atoms with Crippen LogP contribution in [0.15, 0.2) is 42.5 Å². The number of benzene rings is 1. The van der Waals surface area contributed by atoms with Gasteiger partial charge in [-0.2, -0.15) is 15.5 Å². The minimum atomic E-state index is 0.383. The number of ether oxygens (including phenoxy) is 1. The first-order valence-corrected chi connectivity index (χ1v) is 9.45. The SMILES string of the molecule is COc1ccc(C)n2nc(CCc3nc(-c4ccccc4)nn3CCC#N)nc12. The van der Waals surface area contributed by atoms with E-state index in [-0.39, 0.29) is 0 Å². The van der Waals surface area contributed by atoms with Crippen molar-refractivity contribution < 1.29 is 4.74 Å². The van der Waals surface area contributed by atoms with Crippen molar-refractivity contribution in [2.75, 3.05) is 7.11 Å². The molecule has 1 aromatic carbocycles. The molecule has 0 spiro atoms. The number of nitrogens with zero attached hydrogens (tertiary/aromatic N) is 7. The lowest BCUT2D eigenvalue weighted by Crippen LogP contribution is -2.07. The highest BCUT2D eigenvalue weighted by Crippen LogP contribution is 2.20. The van der Waals surface area contributed by atoms with Crippen LogP contribution < -0.4 is 4.74 Å². The Morgan fingerprint density at radius 2 is 1.86 bits per heavy atom. The molecule has 8 nitrogen and oxygen atoms in total. The molecule has 0 aliphatic rings. The molecule has 0 radical (unpaired) electrons. The van der Waals surface area contributed by atoms with E-state index < -0.39 is 0 Å². The van der Waals surface area contributed by atoms with Crippen molar-refractivity contribution in [1.29, 1.82) is 5.26 Å². The maximum absolute atomic E-state index is 8.96. The second-order valence-electron chi connectivity index (χ2n) is 6.66. The second kappa shape index (κ2) is 8.10. The molecule has 0 fully saturated rings. The van der Waals surface area contributed by atoms with Gasteiger partial charge in [-0.25, -0.2) is 19.2 Å². The van der Waals surface area contributed by atoms with Gasteiger partial charge in [-0.05, 0) is 19.1 Å². The van der Waals surface area contributed by atoms with Gasteiger partial charge in [0.1, 0.15) is 5.82 Å². The third-order valence-electron chi connectivity index (χ3n) is 4.69. The van der Waals surface area contributed by atoms with Gasteiger partial charge in [-0.3, -0.25) is 0 Å². The molecular weight excluding hydrogens is 366 g/mol.